The second kappa shape index (κ2) is 5.98. The number of methoxy groups -OCH3 is 1. The van der Waals surface area contributed by atoms with Crippen LogP contribution < -0.4 is 5.73 Å². The molecular weight excluding hydrogens is 182 g/mol. The van der Waals surface area contributed by atoms with Gasteiger partial charge in [0, 0.05) is 19.1 Å². The fourth-order valence-electron chi connectivity index (χ4n) is 1.69. The maximum atomic E-state index is 10.8. The van der Waals surface area contributed by atoms with E-state index in [2.05, 4.69) is 4.74 Å². The molecule has 2 N–H and O–H groups in total. The lowest BCUT2D eigenvalue weighted by Crippen LogP contribution is -2.26. The van der Waals surface area contributed by atoms with Crippen molar-refractivity contribution in [1.29, 1.82) is 0 Å². The minimum Gasteiger partial charge on any atom is -0.469 e. The highest BCUT2D eigenvalue weighted by molar-refractivity contribution is 5.69. The second-order valence-corrected chi connectivity index (χ2v) is 3.75. The van der Waals surface area contributed by atoms with Gasteiger partial charge >= 0.3 is 5.97 Å². The lowest BCUT2D eigenvalue weighted by molar-refractivity contribution is -0.140. The number of carbonyl (C=O) groups excluding carboxylic acids is 1. The maximum Gasteiger partial charge on any atom is 0.305 e. The van der Waals surface area contributed by atoms with Crippen molar-refractivity contribution >= 4 is 5.97 Å². The summed E-state index contributed by atoms with van der Waals surface area (Å²) in [7, 11) is 1.40. The Hall–Kier alpha value is -0.610. The first-order chi connectivity index (χ1) is 6.72. The molecule has 0 bridgehead atoms. The summed E-state index contributed by atoms with van der Waals surface area (Å²) in [6, 6.07) is 0.0530. The number of rotatable bonds is 5. The molecule has 1 aliphatic rings. The van der Waals surface area contributed by atoms with Crippen LogP contribution in [0.25, 0.3) is 0 Å². The summed E-state index contributed by atoms with van der Waals surface area (Å²) in [5.41, 5.74) is 5.87. The van der Waals surface area contributed by atoms with Crippen molar-refractivity contribution in [2.75, 3.05) is 13.7 Å². The van der Waals surface area contributed by atoms with Gasteiger partial charge in [0.05, 0.1) is 13.2 Å². The van der Waals surface area contributed by atoms with Crippen molar-refractivity contribution in [3.8, 4) is 0 Å². The first-order valence-corrected chi connectivity index (χ1v) is 5.16. The van der Waals surface area contributed by atoms with E-state index in [1.54, 1.807) is 0 Å². The largest absolute Gasteiger partial charge is 0.469 e. The van der Waals surface area contributed by atoms with E-state index >= 15 is 0 Å². The zero-order chi connectivity index (χ0) is 10.4. The van der Waals surface area contributed by atoms with Crippen LogP contribution in [0.3, 0.4) is 0 Å². The van der Waals surface area contributed by atoms with Crippen molar-refractivity contribution in [1.82, 2.24) is 0 Å². The topological polar surface area (TPSA) is 61.5 Å². The molecule has 82 valence electrons. The zero-order valence-corrected chi connectivity index (χ0v) is 8.70. The van der Waals surface area contributed by atoms with Crippen molar-refractivity contribution < 1.29 is 14.3 Å². The van der Waals surface area contributed by atoms with Gasteiger partial charge in [-0.25, -0.2) is 0 Å². The molecule has 0 saturated carbocycles. The summed E-state index contributed by atoms with van der Waals surface area (Å²) in [4.78, 5) is 10.8. The van der Waals surface area contributed by atoms with Gasteiger partial charge in [-0.1, -0.05) is 0 Å². The monoisotopic (exact) mass is 201 g/mol. The quantitative estimate of drug-likeness (QED) is 0.669. The Morgan fingerprint density at radius 3 is 3.07 bits per heavy atom. The van der Waals surface area contributed by atoms with Crippen LogP contribution in [0.1, 0.15) is 32.1 Å². The predicted octanol–water partition coefficient (Wildman–Crippen LogP) is 0.836. The molecule has 0 aromatic rings. The van der Waals surface area contributed by atoms with Gasteiger partial charge < -0.3 is 15.2 Å². The van der Waals surface area contributed by atoms with E-state index in [1.807, 2.05) is 0 Å². The third-order valence-electron chi connectivity index (χ3n) is 2.54. The first-order valence-electron chi connectivity index (χ1n) is 5.16. The molecule has 1 heterocycles. The average molecular weight is 201 g/mol. The fraction of sp³-hybridized carbons (Fsp3) is 0.900. The minimum absolute atomic E-state index is 0.0530. The van der Waals surface area contributed by atoms with E-state index in [0.717, 1.165) is 25.9 Å². The van der Waals surface area contributed by atoms with Gasteiger partial charge in [-0.3, -0.25) is 4.79 Å². The SMILES string of the molecule is COC(=O)CCC(N)CC1CCCO1. The van der Waals surface area contributed by atoms with Gasteiger partial charge in [0.2, 0.25) is 0 Å². The molecule has 2 atom stereocenters. The number of ether oxygens (including phenoxy) is 2. The van der Waals surface area contributed by atoms with Gasteiger partial charge in [-0.2, -0.15) is 0 Å². The Bertz CT molecular complexity index is 178. The molecule has 1 aliphatic heterocycles. The number of hydrogen-bond acceptors (Lipinski definition) is 4. The minimum atomic E-state index is -0.187. The van der Waals surface area contributed by atoms with Crippen molar-refractivity contribution in [2.45, 2.75) is 44.2 Å². The Morgan fingerprint density at radius 1 is 1.71 bits per heavy atom. The summed E-state index contributed by atoms with van der Waals surface area (Å²) in [6.07, 6.45) is 4.50. The van der Waals surface area contributed by atoms with E-state index in [-0.39, 0.29) is 12.0 Å². The number of esters is 1. The fourth-order valence-corrected chi connectivity index (χ4v) is 1.69. The summed E-state index contributed by atoms with van der Waals surface area (Å²) in [5.74, 6) is -0.187. The molecule has 0 aliphatic carbocycles. The molecule has 4 nitrogen and oxygen atoms in total. The summed E-state index contributed by atoms with van der Waals surface area (Å²) in [5, 5.41) is 0. The Kier molecular flexibility index (Phi) is 4.90. The zero-order valence-electron chi connectivity index (χ0n) is 8.70. The second-order valence-electron chi connectivity index (χ2n) is 3.75. The van der Waals surface area contributed by atoms with E-state index in [1.165, 1.54) is 7.11 Å². The highest BCUT2D eigenvalue weighted by atomic mass is 16.5. The average Bonchev–Trinajstić information content (AvgIpc) is 2.66. The molecule has 1 saturated heterocycles. The molecule has 0 aromatic carbocycles. The van der Waals surface area contributed by atoms with Crippen LogP contribution in [0.5, 0.6) is 0 Å². The van der Waals surface area contributed by atoms with Gasteiger partial charge in [-0.05, 0) is 25.7 Å². The van der Waals surface area contributed by atoms with E-state index in [0.29, 0.717) is 18.9 Å². The summed E-state index contributed by atoms with van der Waals surface area (Å²) >= 11 is 0. The predicted molar refractivity (Wildman–Crippen MR) is 52.8 cm³/mol. The molecular formula is C10H19NO3. The molecule has 4 heteroatoms. The number of hydrogen-bond donors (Lipinski definition) is 1. The first kappa shape index (κ1) is 11.5. The van der Waals surface area contributed by atoms with Crippen LogP contribution in [-0.2, 0) is 14.3 Å². The molecule has 0 aromatic heterocycles. The Balaban J connectivity index is 2.08. The van der Waals surface area contributed by atoms with Crippen LogP contribution in [0, 0.1) is 0 Å². The standard InChI is InChI=1S/C10H19NO3/c1-13-10(12)5-4-8(11)7-9-3-2-6-14-9/h8-9H,2-7,11H2,1H3. The summed E-state index contributed by atoms with van der Waals surface area (Å²) < 4.78 is 10.0. The Labute approximate surface area is 84.7 Å². The van der Waals surface area contributed by atoms with Crippen molar-refractivity contribution in [3.05, 3.63) is 0 Å². The number of carbonyl (C=O) groups is 1. The lowest BCUT2D eigenvalue weighted by Gasteiger charge is -2.15. The van der Waals surface area contributed by atoms with E-state index in [9.17, 15) is 4.79 Å². The van der Waals surface area contributed by atoms with Crippen LogP contribution in [0.4, 0.5) is 0 Å². The highest BCUT2D eigenvalue weighted by Gasteiger charge is 2.19. The molecule has 0 radical (unpaired) electrons. The van der Waals surface area contributed by atoms with Crippen molar-refractivity contribution in [2.24, 2.45) is 5.73 Å². The number of nitrogens with two attached hydrogens (primary N) is 1. The van der Waals surface area contributed by atoms with Gasteiger partial charge in [0.15, 0.2) is 0 Å². The molecule has 2 unspecified atom stereocenters. The smallest absolute Gasteiger partial charge is 0.305 e. The van der Waals surface area contributed by atoms with Crippen LogP contribution in [-0.4, -0.2) is 31.8 Å². The Morgan fingerprint density at radius 2 is 2.50 bits per heavy atom. The van der Waals surface area contributed by atoms with Crippen molar-refractivity contribution in [3.63, 3.8) is 0 Å². The molecule has 0 spiro atoms. The van der Waals surface area contributed by atoms with E-state index < -0.39 is 0 Å². The van der Waals surface area contributed by atoms with E-state index in [4.69, 9.17) is 10.5 Å². The van der Waals surface area contributed by atoms with Crippen LogP contribution in [0.15, 0.2) is 0 Å². The third kappa shape index (κ3) is 4.07. The normalized spacial score (nSPS) is 23.4. The lowest BCUT2D eigenvalue weighted by atomic mass is 10.0. The van der Waals surface area contributed by atoms with Crippen LogP contribution in [0.2, 0.25) is 0 Å². The van der Waals surface area contributed by atoms with Gasteiger partial charge in [0.25, 0.3) is 0 Å². The van der Waals surface area contributed by atoms with Crippen LogP contribution >= 0.6 is 0 Å². The van der Waals surface area contributed by atoms with Gasteiger partial charge in [0.1, 0.15) is 0 Å². The maximum absolute atomic E-state index is 10.8. The third-order valence-corrected chi connectivity index (χ3v) is 2.54. The molecule has 1 rings (SSSR count). The molecule has 0 amide bonds. The highest BCUT2D eigenvalue weighted by Crippen LogP contribution is 2.17. The molecule has 14 heavy (non-hydrogen) atoms. The summed E-state index contributed by atoms with van der Waals surface area (Å²) in [6.45, 7) is 0.856. The van der Waals surface area contributed by atoms with Gasteiger partial charge in [-0.15, -0.1) is 0 Å². The molecule has 1 fully saturated rings.